The first-order valence-corrected chi connectivity index (χ1v) is 5.41. The number of hydrogen-bond acceptors (Lipinski definition) is 4. The Labute approximate surface area is 81.0 Å². The second kappa shape index (κ2) is 3.57. The number of fused-ring (bicyclic) bond motifs is 1. The number of rotatable bonds is 3. The molecule has 0 aromatic heterocycles. The third-order valence-electron chi connectivity index (χ3n) is 2.28. The molecular weight excluding hydrogens is 188 g/mol. The number of hydrogen-bond donors (Lipinski definition) is 1. The zero-order chi connectivity index (χ0) is 9.26. The summed E-state index contributed by atoms with van der Waals surface area (Å²) in [4.78, 5) is 17.0. The Morgan fingerprint density at radius 3 is 3.31 bits per heavy atom. The van der Waals surface area contributed by atoms with E-state index in [-0.39, 0.29) is 12.5 Å². The Morgan fingerprint density at radius 2 is 2.62 bits per heavy atom. The Hall–Kier alpha value is -0.710. The molecule has 2 aliphatic rings. The Balaban J connectivity index is 1.84. The summed E-state index contributed by atoms with van der Waals surface area (Å²) in [5.74, 6) is 0.407. The van der Waals surface area contributed by atoms with E-state index in [0.29, 0.717) is 6.42 Å². The molecule has 4 nitrogen and oxygen atoms in total. The molecule has 2 heterocycles. The maximum Gasteiger partial charge on any atom is 0.303 e. The molecule has 0 aliphatic carbocycles. The second-order valence-electron chi connectivity index (χ2n) is 3.29. The highest BCUT2D eigenvalue weighted by Crippen LogP contribution is 2.25. The number of carboxylic acid groups (broad SMARTS) is 1. The molecule has 1 N–H and O–H groups in total. The van der Waals surface area contributed by atoms with Gasteiger partial charge in [0.05, 0.1) is 6.04 Å². The predicted octanol–water partition coefficient (Wildman–Crippen LogP) is 0.638. The molecule has 0 amide bonds. The zero-order valence-corrected chi connectivity index (χ0v) is 8.09. The number of carbonyl (C=O) groups is 1. The fourth-order valence-corrected chi connectivity index (χ4v) is 2.69. The first kappa shape index (κ1) is 8.87. The van der Waals surface area contributed by atoms with Crippen molar-refractivity contribution in [2.75, 3.05) is 18.8 Å². The average Bonchev–Trinajstić information content (AvgIpc) is 2.58. The summed E-state index contributed by atoms with van der Waals surface area (Å²) in [5.41, 5.74) is 0. The number of aliphatic carboxylic acids is 1. The second-order valence-corrected chi connectivity index (χ2v) is 4.35. The predicted molar refractivity (Wildman–Crippen MR) is 52.1 cm³/mol. The molecule has 1 atom stereocenters. The SMILES string of the molecule is O=C(O)CC[C@@H]1CN2CCSC2=N1. The Kier molecular flexibility index (Phi) is 2.44. The monoisotopic (exact) mass is 200 g/mol. The van der Waals surface area contributed by atoms with Gasteiger partial charge in [-0.25, -0.2) is 0 Å². The van der Waals surface area contributed by atoms with Gasteiger partial charge in [0.25, 0.3) is 0 Å². The number of amidine groups is 1. The summed E-state index contributed by atoms with van der Waals surface area (Å²) >= 11 is 1.78. The highest BCUT2D eigenvalue weighted by molar-refractivity contribution is 8.14. The van der Waals surface area contributed by atoms with Crippen LogP contribution in [-0.4, -0.2) is 46.0 Å². The lowest BCUT2D eigenvalue weighted by Crippen LogP contribution is -2.24. The number of nitrogens with zero attached hydrogens (tertiary/aromatic N) is 2. The van der Waals surface area contributed by atoms with E-state index in [2.05, 4.69) is 9.89 Å². The van der Waals surface area contributed by atoms with E-state index in [0.717, 1.165) is 24.0 Å². The van der Waals surface area contributed by atoms with Crippen molar-refractivity contribution in [1.29, 1.82) is 0 Å². The zero-order valence-electron chi connectivity index (χ0n) is 7.27. The first-order chi connectivity index (χ1) is 6.25. The van der Waals surface area contributed by atoms with E-state index in [1.165, 1.54) is 0 Å². The van der Waals surface area contributed by atoms with Gasteiger partial charge in [0.1, 0.15) is 0 Å². The Bertz CT molecular complexity index is 255. The molecule has 0 spiro atoms. The van der Waals surface area contributed by atoms with Crippen molar-refractivity contribution < 1.29 is 9.90 Å². The van der Waals surface area contributed by atoms with Crippen molar-refractivity contribution >= 4 is 22.9 Å². The van der Waals surface area contributed by atoms with Gasteiger partial charge in [0.15, 0.2) is 5.17 Å². The molecule has 0 saturated carbocycles. The number of carboxylic acids is 1. The smallest absolute Gasteiger partial charge is 0.303 e. The molecule has 0 bridgehead atoms. The van der Waals surface area contributed by atoms with E-state index in [1.54, 1.807) is 11.8 Å². The summed E-state index contributed by atoms with van der Waals surface area (Å²) in [6, 6.07) is 0.221. The average molecular weight is 200 g/mol. The van der Waals surface area contributed by atoms with Gasteiger partial charge in [0.2, 0.25) is 0 Å². The van der Waals surface area contributed by atoms with Crippen molar-refractivity contribution in [2.45, 2.75) is 18.9 Å². The van der Waals surface area contributed by atoms with Crippen LogP contribution in [0.1, 0.15) is 12.8 Å². The van der Waals surface area contributed by atoms with Crippen LogP contribution in [-0.2, 0) is 4.79 Å². The first-order valence-electron chi connectivity index (χ1n) is 4.43. The van der Waals surface area contributed by atoms with Gasteiger partial charge in [-0.2, -0.15) is 0 Å². The van der Waals surface area contributed by atoms with Gasteiger partial charge in [-0.05, 0) is 6.42 Å². The molecule has 72 valence electrons. The van der Waals surface area contributed by atoms with Crippen molar-refractivity contribution in [3.8, 4) is 0 Å². The van der Waals surface area contributed by atoms with Gasteiger partial charge < -0.3 is 10.0 Å². The highest BCUT2D eigenvalue weighted by Gasteiger charge is 2.29. The van der Waals surface area contributed by atoms with Gasteiger partial charge in [-0.1, -0.05) is 11.8 Å². The molecule has 0 radical (unpaired) electrons. The molecule has 2 aliphatic heterocycles. The third-order valence-corrected chi connectivity index (χ3v) is 3.29. The van der Waals surface area contributed by atoms with Crippen molar-refractivity contribution in [1.82, 2.24) is 4.90 Å². The van der Waals surface area contributed by atoms with Crippen molar-refractivity contribution in [3.05, 3.63) is 0 Å². The van der Waals surface area contributed by atoms with Gasteiger partial charge in [0, 0.05) is 25.3 Å². The molecule has 5 heteroatoms. The fraction of sp³-hybridized carbons (Fsp3) is 0.750. The van der Waals surface area contributed by atoms with E-state index in [9.17, 15) is 4.79 Å². The molecule has 1 saturated heterocycles. The summed E-state index contributed by atoms with van der Waals surface area (Å²) in [6.07, 6.45) is 0.913. The Morgan fingerprint density at radius 1 is 1.77 bits per heavy atom. The topological polar surface area (TPSA) is 52.9 Å². The van der Waals surface area contributed by atoms with Crippen LogP contribution in [0.2, 0.25) is 0 Å². The molecule has 2 rings (SSSR count). The summed E-state index contributed by atoms with van der Waals surface area (Å²) in [6.45, 7) is 2.00. The number of aliphatic imine (C=N–C) groups is 1. The molecule has 13 heavy (non-hydrogen) atoms. The summed E-state index contributed by atoms with van der Waals surface area (Å²) < 4.78 is 0. The molecule has 0 aromatic rings. The molecule has 1 fully saturated rings. The van der Waals surface area contributed by atoms with Gasteiger partial charge in [-0.3, -0.25) is 9.79 Å². The van der Waals surface area contributed by atoms with Crippen LogP contribution in [0.25, 0.3) is 0 Å². The van der Waals surface area contributed by atoms with Crippen LogP contribution in [0.3, 0.4) is 0 Å². The maximum absolute atomic E-state index is 10.3. The summed E-state index contributed by atoms with van der Waals surface area (Å²) in [7, 11) is 0. The summed E-state index contributed by atoms with van der Waals surface area (Å²) in [5, 5.41) is 9.63. The van der Waals surface area contributed by atoms with Crippen LogP contribution in [0.15, 0.2) is 4.99 Å². The van der Waals surface area contributed by atoms with Crippen LogP contribution < -0.4 is 0 Å². The third kappa shape index (κ3) is 1.96. The minimum absolute atomic E-state index is 0.221. The van der Waals surface area contributed by atoms with Crippen LogP contribution in [0, 0.1) is 0 Å². The highest BCUT2D eigenvalue weighted by atomic mass is 32.2. The quantitative estimate of drug-likeness (QED) is 0.726. The minimum atomic E-state index is -0.722. The standard InChI is InChI=1S/C8H12N2O2S/c11-7(12)2-1-6-5-10-3-4-13-8(10)9-6/h6H,1-5H2,(H,11,12)/t6-/m1/s1. The normalized spacial score (nSPS) is 26.0. The lowest BCUT2D eigenvalue weighted by Gasteiger charge is -2.11. The lowest BCUT2D eigenvalue weighted by atomic mass is 10.2. The van der Waals surface area contributed by atoms with Crippen LogP contribution >= 0.6 is 11.8 Å². The minimum Gasteiger partial charge on any atom is -0.481 e. The van der Waals surface area contributed by atoms with E-state index in [4.69, 9.17) is 5.11 Å². The van der Waals surface area contributed by atoms with E-state index >= 15 is 0 Å². The fourth-order valence-electron chi connectivity index (χ4n) is 1.62. The van der Waals surface area contributed by atoms with Crippen molar-refractivity contribution in [2.24, 2.45) is 4.99 Å². The molecule has 0 aromatic carbocycles. The van der Waals surface area contributed by atoms with Gasteiger partial charge in [-0.15, -0.1) is 0 Å². The van der Waals surface area contributed by atoms with E-state index in [1.807, 2.05) is 0 Å². The van der Waals surface area contributed by atoms with Crippen LogP contribution in [0.5, 0.6) is 0 Å². The van der Waals surface area contributed by atoms with E-state index < -0.39 is 5.97 Å². The molecule has 0 unspecified atom stereocenters. The number of thioether (sulfide) groups is 1. The molecular formula is C8H12N2O2S. The largest absolute Gasteiger partial charge is 0.481 e. The maximum atomic E-state index is 10.3. The van der Waals surface area contributed by atoms with Gasteiger partial charge >= 0.3 is 5.97 Å². The van der Waals surface area contributed by atoms with Crippen LogP contribution in [0.4, 0.5) is 0 Å². The van der Waals surface area contributed by atoms with Crippen molar-refractivity contribution in [3.63, 3.8) is 0 Å². The lowest BCUT2D eigenvalue weighted by molar-refractivity contribution is -0.137.